The first-order chi connectivity index (χ1) is 8.72. The molecule has 19 heavy (non-hydrogen) atoms. The van der Waals surface area contributed by atoms with Crippen LogP contribution in [0, 0.1) is 11.8 Å². The van der Waals surface area contributed by atoms with Crippen LogP contribution in [0.4, 0.5) is 13.2 Å². The van der Waals surface area contributed by atoms with Gasteiger partial charge in [-0.2, -0.15) is 24.9 Å². The van der Waals surface area contributed by atoms with E-state index < -0.39 is 18.6 Å². The van der Waals surface area contributed by atoms with E-state index in [1.54, 1.807) is 11.8 Å². The van der Waals surface area contributed by atoms with E-state index in [4.69, 9.17) is 5.11 Å². The van der Waals surface area contributed by atoms with Gasteiger partial charge >= 0.3 is 12.1 Å². The van der Waals surface area contributed by atoms with Gasteiger partial charge in [0.15, 0.2) is 0 Å². The van der Waals surface area contributed by atoms with Crippen LogP contribution in [0.25, 0.3) is 0 Å². The van der Waals surface area contributed by atoms with Crippen molar-refractivity contribution in [3.63, 3.8) is 0 Å². The summed E-state index contributed by atoms with van der Waals surface area (Å²) >= 11 is 1.55. The second kappa shape index (κ2) is 9.50. The van der Waals surface area contributed by atoms with E-state index >= 15 is 0 Å². The molecule has 0 spiro atoms. The second-order valence-corrected chi connectivity index (χ2v) is 6.36. The first kappa shape index (κ1) is 18.6. The van der Waals surface area contributed by atoms with E-state index in [1.807, 2.05) is 13.8 Å². The Morgan fingerprint density at radius 3 is 2.32 bits per heavy atom. The van der Waals surface area contributed by atoms with Crippen molar-refractivity contribution in [3.05, 3.63) is 0 Å². The lowest BCUT2D eigenvalue weighted by Gasteiger charge is -2.14. The molecule has 0 amide bonds. The summed E-state index contributed by atoms with van der Waals surface area (Å²) in [6.45, 7) is 3.97. The normalized spacial score (nSPS) is 13.8. The summed E-state index contributed by atoms with van der Waals surface area (Å²) in [4.78, 5) is 11.0. The van der Waals surface area contributed by atoms with Gasteiger partial charge in [0.25, 0.3) is 0 Å². The number of alkyl halides is 3. The zero-order valence-electron chi connectivity index (χ0n) is 11.5. The summed E-state index contributed by atoms with van der Waals surface area (Å²) in [5, 5.41) is 9.02. The molecular weight excluding hydrogens is 277 g/mol. The second-order valence-electron chi connectivity index (χ2n) is 5.14. The van der Waals surface area contributed by atoms with Crippen LogP contribution in [0.15, 0.2) is 0 Å². The summed E-state index contributed by atoms with van der Waals surface area (Å²) in [5.74, 6) is 0.617. The molecule has 0 aliphatic carbocycles. The van der Waals surface area contributed by atoms with Gasteiger partial charge in [0, 0.05) is 6.42 Å². The Morgan fingerprint density at radius 2 is 1.84 bits per heavy atom. The quantitative estimate of drug-likeness (QED) is 0.600. The van der Waals surface area contributed by atoms with Crippen molar-refractivity contribution in [2.24, 2.45) is 11.8 Å². The number of rotatable bonds is 10. The molecule has 0 rings (SSSR count). The topological polar surface area (TPSA) is 37.3 Å². The summed E-state index contributed by atoms with van der Waals surface area (Å²) in [6.07, 6.45) is -2.84. The van der Waals surface area contributed by atoms with Crippen LogP contribution in [0.5, 0.6) is 0 Å². The molecule has 0 fully saturated rings. The van der Waals surface area contributed by atoms with E-state index in [-0.39, 0.29) is 12.3 Å². The van der Waals surface area contributed by atoms with Gasteiger partial charge in [-0.15, -0.1) is 0 Å². The average molecular weight is 300 g/mol. The van der Waals surface area contributed by atoms with E-state index in [0.717, 1.165) is 0 Å². The smallest absolute Gasteiger partial charge is 0.389 e. The molecule has 0 bridgehead atoms. The molecule has 0 aromatic rings. The van der Waals surface area contributed by atoms with Crippen molar-refractivity contribution in [1.82, 2.24) is 0 Å². The van der Waals surface area contributed by atoms with E-state index in [0.29, 0.717) is 36.7 Å². The summed E-state index contributed by atoms with van der Waals surface area (Å²) < 4.78 is 35.6. The van der Waals surface area contributed by atoms with Crippen LogP contribution in [0.3, 0.4) is 0 Å². The maximum absolute atomic E-state index is 11.9. The van der Waals surface area contributed by atoms with E-state index in [1.165, 1.54) is 0 Å². The highest BCUT2D eigenvalue weighted by atomic mass is 32.2. The molecule has 0 radical (unpaired) electrons. The van der Waals surface area contributed by atoms with Crippen LogP contribution >= 0.6 is 11.8 Å². The molecule has 0 aromatic heterocycles. The standard InChI is InChI=1S/C13H23F3O2S/c1-10(2)9-11(12(17)18)5-8-19-7-4-3-6-13(14,15)16/h10-11H,3-9H2,1-2H3,(H,17,18). The Balaban J connectivity index is 3.58. The van der Waals surface area contributed by atoms with Crippen LogP contribution < -0.4 is 0 Å². The molecular formula is C13H23F3O2S. The monoisotopic (exact) mass is 300 g/mol. The lowest BCUT2D eigenvalue weighted by Crippen LogP contribution is -2.16. The molecule has 0 aliphatic rings. The number of carboxylic acids is 1. The number of hydrogen-bond acceptors (Lipinski definition) is 2. The molecule has 1 N–H and O–H groups in total. The van der Waals surface area contributed by atoms with Gasteiger partial charge in [-0.3, -0.25) is 4.79 Å². The number of halogens is 3. The summed E-state index contributed by atoms with van der Waals surface area (Å²) in [7, 11) is 0. The lowest BCUT2D eigenvalue weighted by molar-refractivity contribution is -0.142. The van der Waals surface area contributed by atoms with Crippen molar-refractivity contribution >= 4 is 17.7 Å². The minimum atomic E-state index is -4.06. The molecule has 0 saturated carbocycles. The Kier molecular flexibility index (Phi) is 9.31. The molecule has 1 atom stereocenters. The van der Waals surface area contributed by atoms with Crippen LogP contribution in [0.2, 0.25) is 0 Å². The fourth-order valence-corrected chi connectivity index (χ4v) is 2.83. The number of aliphatic carboxylic acids is 1. The van der Waals surface area contributed by atoms with Gasteiger partial charge in [0.2, 0.25) is 0 Å². The van der Waals surface area contributed by atoms with Gasteiger partial charge < -0.3 is 5.11 Å². The average Bonchev–Trinajstić information content (AvgIpc) is 2.23. The van der Waals surface area contributed by atoms with Gasteiger partial charge in [0.05, 0.1) is 5.92 Å². The third kappa shape index (κ3) is 12.4. The molecule has 0 saturated heterocycles. The minimum absolute atomic E-state index is 0.158. The molecule has 2 nitrogen and oxygen atoms in total. The number of hydrogen-bond donors (Lipinski definition) is 1. The number of thioether (sulfide) groups is 1. The predicted molar refractivity (Wildman–Crippen MR) is 72.4 cm³/mol. The number of carboxylic acid groups (broad SMARTS) is 1. The molecule has 0 heterocycles. The fraction of sp³-hybridized carbons (Fsp3) is 0.923. The fourth-order valence-electron chi connectivity index (χ4n) is 1.77. The number of carbonyl (C=O) groups is 1. The zero-order valence-corrected chi connectivity index (χ0v) is 12.3. The van der Waals surface area contributed by atoms with Crippen molar-refractivity contribution < 1.29 is 23.1 Å². The van der Waals surface area contributed by atoms with Gasteiger partial charge in [-0.1, -0.05) is 13.8 Å². The Labute approximate surface area is 117 Å². The molecule has 0 aliphatic heterocycles. The van der Waals surface area contributed by atoms with E-state index in [2.05, 4.69) is 0 Å². The number of unbranched alkanes of at least 4 members (excludes halogenated alkanes) is 1. The minimum Gasteiger partial charge on any atom is -0.481 e. The molecule has 0 aromatic carbocycles. The maximum atomic E-state index is 11.9. The van der Waals surface area contributed by atoms with Gasteiger partial charge in [0.1, 0.15) is 0 Å². The largest absolute Gasteiger partial charge is 0.481 e. The van der Waals surface area contributed by atoms with Crippen molar-refractivity contribution in [2.45, 2.75) is 52.1 Å². The highest BCUT2D eigenvalue weighted by Crippen LogP contribution is 2.23. The first-order valence-corrected chi connectivity index (χ1v) is 7.75. The predicted octanol–water partition coefficient (Wildman–Crippen LogP) is 4.59. The third-order valence-corrected chi connectivity index (χ3v) is 3.82. The lowest BCUT2D eigenvalue weighted by atomic mass is 9.95. The molecule has 6 heteroatoms. The first-order valence-electron chi connectivity index (χ1n) is 6.59. The van der Waals surface area contributed by atoms with Crippen molar-refractivity contribution in [3.8, 4) is 0 Å². The summed E-state index contributed by atoms with van der Waals surface area (Å²) in [6, 6.07) is 0. The molecule has 114 valence electrons. The summed E-state index contributed by atoms with van der Waals surface area (Å²) in [5.41, 5.74) is 0. The SMILES string of the molecule is CC(C)CC(CCSCCCCC(F)(F)F)C(=O)O. The third-order valence-electron chi connectivity index (χ3n) is 2.71. The van der Waals surface area contributed by atoms with Crippen molar-refractivity contribution in [1.29, 1.82) is 0 Å². The zero-order chi connectivity index (χ0) is 14.9. The Bertz CT molecular complexity index is 255. The Hall–Kier alpha value is -0.390. The Morgan fingerprint density at radius 1 is 1.21 bits per heavy atom. The van der Waals surface area contributed by atoms with Crippen LogP contribution in [-0.2, 0) is 4.79 Å². The van der Waals surface area contributed by atoms with Crippen molar-refractivity contribution in [2.75, 3.05) is 11.5 Å². The van der Waals surface area contributed by atoms with Crippen LogP contribution in [-0.4, -0.2) is 28.8 Å². The van der Waals surface area contributed by atoms with E-state index in [9.17, 15) is 18.0 Å². The van der Waals surface area contributed by atoms with Gasteiger partial charge in [-0.25, -0.2) is 0 Å². The molecule has 1 unspecified atom stereocenters. The highest BCUT2D eigenvalue weighted by molar-refractivity contribution is 7.99. The van der Waals surface area contributed by atoms with Crippen LogP contribution in [0.1, 0.15) is 46.0 Å². The van der Waals surface area contributed by atoms with Gasteiger partial charge in [-0.05, 0) is 43.1 Å². The highest BCUT2D eigenvalue weighted by Gasteiger charge is 2.25. The maximum Gasteiger partial charge on any atom is 0.389 e.